The molecule has 0 radical (unpaired) electrons. The molecule has 1 fully saturated rings. The summed E-state index contributed by atoms with van der Waals surface area (Å²) in [4.78, 5) is 28.0. The molecule has 1 aliphatic heterocycles. The van der Waals surface area contributed by atoms with Gasteiger partial charge in [0.15, 0.2) is 0 Å². The molecular weight excluding hydrogens is 308 g/mol. The average molecular weight is 326 g/mol. The topological polar surface area (TPSA) is 49.4 Å². The van der Waals surface area contributed by atoms with Crippen LogP contribution in [0.5, 0.6) is 0 Å². The fourth-order valence-electron chi connectivity index (χ4n) is 3.15. The first-order chi connectivity index (χ1) is 11.1. The summed E-state index contributed by atoms with van der Waals surface area (Å²) in [7, 11) is 0. The zero-order valence-electron chi connectivity index (χ0n) is 12.9. The molecule has 1 atom stereocenters. The van der Waals surface area contributed by atoms with Gasteiger partial charge in [-0.15, -0.1) is 11.3 Å². The van der Waals surface area contributed by atoms with E-state index in [9.17, 15) is 9.59 Å². The third kappa shape index (κ3) is 2.65. The summed E-state index contributed by atoms with van der Waals surface area (Å²) in [5.74, 6) is 0.0766. The fourth-order valence-corrected chi connectivity index (χ4v) is 4.00. The van der Waals surface area contributed by atoms with Crippen LogP contribution in [0, 0.1) is 12.8 Å². The maximum atomic E-state index is 12.8. The first-order valence-corrected chi connectivity index (χ1v) is 8.76. The average Bonchev–Trinajstić information content (AvgIpc) is 3.27. The van der Waals surface area contributed by atoms with Gasteiger partial charge in [0.2, 0.25) is 11.8 Å². The number of nitrogens with zero attached hydrogens (tertiary/aromatic N) is 1. The Hall–Kier alpha value is -2.14. The maximum absolute atomic E-state index is 12.8. The van der Waals surface area contributed by atoms with Gasteiger partial charge in [-0.1, -0.05) is 23.8 Å². The van der Waals surface area contributed by atoms with Crippen molar-refractivity contribution in [2.75, 3.05) is 11.9 Å². The van der Waals surface area contributed by atoms with E-state index in [1.165, 1.54) is 0 Å². The van der Waals surface area contributed by atoms with Gasteiger partial charge in [0.25, 0.3) is 0 Å². The minimum Gasteiger partial charge on any atom is -0.324 e. The molecule has 1 aromatic carbocycles. The molecule has 0 spiro atoms. The molecule has 5 heteroatoms. The van der Waals surface area contributed by atoms with Crippen LogP contribution in [0.15, 0.2) is 35.7 Å². The zero-order chi connectivity index (χ0) is 16.0. The van der Waals surface area contributed by atoms with Gasteiger partial charge < -0.3 is 10.2 Å². The number of amides is 2. The van der Waals surface area contributed by atoms with Crippen LogP contribution in [-0.2, 0) is 9.59 Å². The Kier molecular flexibility index (Phi) is 3.45. The Morgan fingerprint density at radius 1 is 1.30 bits per heavy atom. The van der Waals surface area contributed by atoms with Gasteiger partial charge in [0.1, 0.15) is 6.54 Å². The second-order valence-corrected chi connectivity index (χ2v) is 7.28. The van der Waals surface area contributed by atoms with Crippen molar-refractivity contribution in [3.63, 3.8) is 0 Å². The monoisotopic (exact) mass is 326 g/mol. The Labute approximate surface area is 139 Å². The quantitative estimate of drug-likeness (QED) is 0.920. The highest BCUT2D eigenvalue weighted by Crippen LogP contribution is 2.41. The molecule has 1 unspecified atom stereocenters. The van der Waals surface area contributed by atoms with Crippen LogP contribution in [0.3, 0.4) is 0 Å². The molecule has 4 nitrogen and oxygen atoms in total. The molecule has 4 rings (SSSR count). The summed E-state index contributed by atoms with van der Waals surface area (Å²) in [5.41, 5.74) is 2.94. The SMILES string of the molecule is Cc1ccc2c(c1)C(c1cccs1)N(C(=O)C1CC1)CC(=O)N2. The molecule has 2 amide bonds. The van der Waals surface area contributed by atoms with Gasteiger partial charge in [-0.25, -0.2) is 0 Å². The van der Waals surface area contributed by atoms with Crippen LogP contribution in [-0.4, -0.2) is 23.3 Å². The molecule has 2 aliphatic rings. The number of benzene rings is 1. The van der Waals surface area contributed by atoms with Crippen molar-refractivity contribution < 1.29 is 9.59 Å². The third-order valence-corrected chi connectivity index (χ3v) is 5.35. The largest absolute Gasteiger partial charge is 0.324 e. The Morgan fingerprint density at radius 2 is 2.13 bits per heavy atom. The van der Waals surface area contributed by atoms with Gasteiger partial charge in [-0.3, -0.25) is 9.59 Å². The van der Waals surface area contributed by atoms with E-state index in [2.05, 4.69) is 11.4 Å². The van der Waals surface area contributed by atoms with Crippen LogP contribution < -0.4 is 5.32 Å². The Bertz CT molecular complexity index is 765. The lowest BCUT2D eigenvalue weighted by molar-refractivity contribution is -0.137. The molecule has 2 aromatic rings. The van der Waals surface area contributed by atoms with E-state index in [0.29, 0.717) is 0 Å². The molecule has 23 heavy (non-hydrogen) atoms. The third-order valence-electron chi connectivity index (χ3n) is 4.42. The molecule has 1 N–H and O–H groups in total. The first-order valence-electron chi connectivity index (χ1n) is 7.88. The number of rotatable bonds is 2. The number of nitrogens with one attached hydrogen (secondary N) is 1. The van der Waals surface area contributed by atoms with E-state index in [1.807, 2.05) is 36.6 Å². The van der Waals surface area contributed by atoms with Crippen LogP contribution in [0.4, 0.5) is 5.69 Å². The summed E-state index contributed by atoms with van der Waals surface area (Å²) in [6.45, 7) is 2.15. The molecule has 0 bridgehead atoms. The second kappa shape index (κ2) is 5.49. The highest BCUT2D eigenvalue weighted by molar-refractivity contribution is 7.10. The number of aryl methyl sites for hydroxylation is 1. The van der Waals surface area contributed by atoms with Gasteiger partial charge in [-0.05, 0) is 37.3 Å². The standard InChI is InChI=1S/C18H18N2O2S/c1-11-4-7-14-13(9-11)17(15-3-2-8-23-15)20(10-16(21)19-14)18(22)12-5-6-12/h2-4,7-9,12,17H,5-6,10H2,1H3,(H,19,21). The van der Waals surface area contributed by atoms with E-state index in [-0.39, 0.29) is 30.3 Å². The summed E-state index contributed by atoms with van der Waals surface area (Å²) in [6, 6.07) is 9.87. The maximum Gasteiger partial charge on any atom is 0.244 e. The van der Waals surface area contributed by atoms with Crippen LogP contribution in [0.25, 0.3) is 0 Å². The summed E-state index contributed by atoms with van der Waals surface area (Å²) >= 11 is 1.63. The Morgan fingerprint density at radius 3 is 2.83 bits per heavy atom. The number of hydrogen-bond acceptors (Lipinski definition) is 3. The van der Waals surface area contributed by atoms with Crippen molar-refractivity contribution >= 4 is 28.8 Å². The highest BCUT2D eigenvalue weighted by atomic mass is 32.1. The lowest BCUT2D eigenvalue weighted by Crippen LogP contribution is -2.39. The molecule has 2 heterocycles. The summed E-state index contributed by atoms with van der Waals surface area (Å²) in [5, 5.41) is 4.98. The number of carbonyl (C=O) groups is 2. The predicted octanol–water partition coefficient (Wildman–Crippen LogP) is 3.34. The van der Waals surface area contributed by atoms with Gasteiger partial charge in [0, 0.05) is 22.0 Å². The van der Waals surface area contributed by atoms with Crippen LogP contribution in [0.1, 0.15) is 34.9 Å². The van der Waals surface area contributed by atoms with E-state index in [4.69, 9.17) is 0 Å². The summed E-state index contributed by atoms with van der Waals surface area (Å²) < 4.78 is 0. The normalized spacial score (nSPS) is 20.7. The van der Waals surface area contributed by atoms with Gasteiger partial charge in [-0.2, -0.15) is 0 Å². The summed E-state index contributed by atoms with van der Waals surface area (Å²) in [6.07, 6.45) is 1.88. The Balaban J connectivity index is 1.87. The highest BCUT2D eigenvalue weighted by Gasteiger charge is 2.40. The van der Waals surface area contributed by atoms with Crippen molar-refractivity contribution in [3.05, 3.63) is 51.7 Å². The smallest absolute Gasteiger partial charge is 0.244 e. The van der Waals surface area contributed by atoms with Gasteiger partial charge in [0.05, 0.1) is 6.04 Å². The number of carbonyl (C=O) groups excluding carboxylic acids is 2. The van der Waals surface area contributed by atoms with Crippen LogP contribution in [0.2, 0.25) is 0 Å². The predicted molar refractivity (Wildman–Crippen MR) is 90.4 cm³/mol. The minimum atomic E-state index is -0.183. The molecule has 1 saturated carbocycles. The molecule has 1 aromatic heterocycles. The van der Waals surface area contributed by atoms with E-state index in [0.717, 1.165) is 34.5 Å². The van der Waals surface area contributed by atoms with Crippen molar-refractivity contribution in [2.24, 2.45) is 5.92 Å². The van der Waals surface area contributed by atoms with Crippen molar-refractivity contribution in [3.8, 4) is 0 Å². The van der Waals surface area contributed by atoms with E-state index < -0.39 is 0 Å². The second-order valence-electron chi connectivity index (χ2n) is 6.30. The van der Waals surface area contributed by atoms with Gasteiger partial charge >= 0.3 is 0 Å². The minimum absolute atomic E-state index is 0.0941. The van der Waals surface area contributed by atoms with Crippen molar-refractivity contribution in [1.29, 1.82) is 0 Å². The van der Waals surface area contributed by atoms with Crippen molar-refractivity contribution in [2.45, 2.75) is 25.8 Å². The zero-order valence-corrected chi connectivity index (χ0v) is 13.7. The molecule has 0 saturated heterocycles. The number of fused-ring (bicyclic) bond motifs is 1. The lowest BCUT2D eigenvalue weighted by Gasteiger charge is -2.29. The number of anilines is 1. The van der Waals surface area contributed by atoms with Crippen molar-refractivity contribution in [1.82, 2.24) is 4.90 Å². The lowest BCUT2D eigenvalue weighted by atomic mass is 9.99. The van der Waals surface area contributed by atoms with E-state index in [1.54, 1.807) is 16.2 Å². The number of thiophene rings is 1. The molecular formula is C18H18N2O2S. The number of hydrogen-bond donors (Lipinski definition) is 1. The van der Waals surface area contributed by atoms with Crippen LogP contribution >= 0.6 is 11.3 Å². The molecule has 118 valence electrons. The fraction of sp³-hybridized carbons (Fsp3) is 0.333. The first kappa shape index (κ1) is 14.5. The van der Waals surface area contributed by atoms with E-state index >= 15 is 0 Å². The molecule has 1 aliphatic carbocycles.